The van der Waals surface area contributed by atoms with E-state index in [2.05, 4.69) is 4.98 Å². The van der Waals surface area contributed by atoms with Crippen LogP contribution >= 0.6 is 23.1 Å². The lowest BCUT2D eigenvalue weighted by Crippen LogP contribution is -2.25. The third-order valence-corrected chi connectivity index (χ3v) is 3.82. The van der Waals surface area contributed by atoms with Crippen LogP contribution in [0.15, 0.2) is 24.3 Å². The number of fused-ring (bicyclic) bond motifs is 1. The van der Waals surface area contributed by atoms with E-state index in [9.17, 15) is 4.79 Å². The molecule has 0 aliphatic carbocycles. The van der Waals surface area contributed by atoms with Gasteiger partial charge in [-0.15, -0.1) is 11.8 Å². The number of hydrogen-bond donors (Lipinski definition) is 0. The number of carbonyl (C=O) groups is 1. The molecule has 0 radical (unpaired) electrons. The standard InChI is InChI=1S/C12H13NO3S2/c1-3-15-10(14)11(17-2)16-12-13-8-6-4-5-7-9(8)18-12/h4-7,11H,3H2,1-2H3. The average Bonchev–Trinajstić information content (AvgIpc) is 2.78. The van der Waals surface area contributed by atoms with Crippen molar-refractivity contribution in [3.63, 3.8) is 0 Å². The molecule has 0 aliphatic rings. The second kappa shape index (κ2) is 6.06. The van der Waals surface area contributed by atoms with Crippen molar-refractivity contribution in [1.82, 2.24) is 4.98 Å². The molecular weight excluding hydrogens is 270 g/mol. The van der Waals surface area contributed by atoms with Gasteiger partial charge in [-0.1, -0.05) is 23.5 Å². The highest BCUT2D eigenvalue weighted by Crippen LogP contribution is 2.29. The predicted molar refractivity (Wildman–Crippen MR) is 74.2 cm³/mol. The molecule has 1 aromatic carbocycles. The number of nitrogens with zero attached hydrogens (tertiary/aromatic N) is 1. The summed E-state index contributed by atoms with van der Waals surface area (Å²) in [4.78, 5) is 15.9. The van der Waals surface area contributed by atoms with Crippen molar-refractivity contribution in [3.8, 4) is 5.19 Å². The van der Waals surface area contributed by atoms with Gasteiger partial charge in [0.1, 0.15) is 0 Å². The molecule has 4 nitrogen and oxygen atoms in total. The van der Waals surface area contributed by atoms with Crippen molar-refractivity contribution >= 4 is 39.3 Å². The number of rotatable bonds is 5. The Kier molecular flexibility index (Phi) is 4.43. The molecule has 1 heterocycles. The van der Waals surface area contributed by atoms with Crippen LogP contribution in [0.4, 0.5) is 0 Å². The third-order valence-electron chi connectivity index (χ3n) is 2.18. The minimum absolute atomic E-state index is 0.346. The van der Waals surface area contributed by atoms with E-state index in [1.165, 1.54) is 23.1 Å². The van der Waals surface area contributed by atoms with Crippen molar-refractivity contribution in [1.29, 1.82) is 0 Å². The molecule has 1 atom stereocenters. The number of thioether (sulfide) groups is 1. The van der Waals surface area contributed by atoms with Crippen LogP contribution in [0, 0.1) is 0 Å². The molecule has 0 N–H and O–H groups in total. The van der Waals surface area contributed by atoms with Crippen molar-refractivity contribution in [3.05, 3.63) is 24.3 Å². The van der Waals surface area contributed by atoms with Crippen LogP contribution in [0.2, 0.25) is 0 Å². The van der Waals surface area contributed by atoms with Gasteiger partial charge in [0.25, 0.3) is 5.19 Å². The van der Waals surface area contributed by atoms with E-state index in [4.69, 9.17) is 9.47 Å². The molecular formula is C12H13NO3S2. The van der Waals surface area contributed by atoms with E-state index >= 15 is 0 Å². The number of carbonyl (C=O) groups excluding carboxylic acids is 1. The first-order valence-corrected chi connectivity index (χ1v) is 7.56. The second-order valence-electron chi connectivity index (χ2n) is 3.39. The summed E-state index contributed by atoms with van der Waals surface area (Å²) in [5, 5.41) is 0.489. The van der Waals surface area contributed by atoms with Gasteiger partial charge in [0.05, 0.1) is 16.8 Å². The van der Waals surface area contributed by atoms with Crippen LogP contribution < -0.4 is 4.74 Å². The lowest BCUT2D eigenvalue weighted by Gasteiger charge is -2.12. The topological polar surface area (TPSA) is 48.4 Å². The monoisotopic (exact) mass is 283 g/mol. The zero-order valence-corrected chi connectivity index (χ0v) is 11.7. The Bertz CT molecular complexity index is 508. The molecule has 0 fully saturated rings. The van der Waals surface area contributed by atoms with Gasteiger partial charge in [-0.05, 0) is 25.3 Å². The minimum atomic E-state index is -0.662. The van der Waals surface area contributed by atoms with Crippen molar-refractivity contribution in [2.45, 2.75) is 12.4 Å². The molecule has 2 aromatic rings. The number of thiazole rings is 1. The van der Waals surface area contributed by atoms with Gasteiger partial charge >= 0.3 is 5.97 Å². The molecule has 0 saturated carbocycles. The highest BCUT2D eigenvalue weighted by Gasteiger charge is 2.22. The molecule has 0 amide bonds. The zero-order chi connectivity index (χ0) is 13.0. The largest absolute Gasteiger partial charge is 0.463 e. The fraction of sp³-hybridized carbons (Fsp3) is 0.333. The summed E-state index contributed by atoms with van der Waals surface area (Å²) in [7, 11) is 0. The minimum Gasteiger partial charge on any atom is -0.463 e. The SMILES string of the molecule is CCOC(=O)C(Oc1nc2ccccc2s1)SC. The number of benzene rings is 1. The lowest BCUT2D eigenvalue weighted by molar-refractivity contribution is -0.147. The summed E-state index contributed by atoms with van der Waals surface area (Å²) in [6, 6.07) is 7.75. The summed E-state index contributed by atoms with van der Waals surface area (Å²) in [5.74, 6) is -0.371. The maximum atomic E-state index is 11.6. The highest BCUT2D eigenvalue weighted by molar-refractivity contribution is 7.99. The maximum Gasteiger partial charge on any atom is 0.358 e. The van der Waals surface area contributed by atoms with Crippen molar-refractivity contribution in [2.24, 2.45) is 0 Å². The van der Waals surface area contributed by atoms with Crippen LogP contribution in [0.25, 0.3) is 10.2 Å². The fourth-order valence-electron chi connectivity index (χ4n) is 1.40. The van der Waals surface area contributed by atoms with Crippen LogP contribution in [0.5, 0.6) is 5.19 Å². The Labute approximate surface area is 113 Å². The smallest absolute Gasteiger partial charge is 0.358 e. The molecule has 2 rings (SSSR count). The lowest BCUT2D eigenvalue weighted by atomic mass is 10.3. The maximum absolute atomic E-state index is 11.6. The first kappa shape index (κ1) is 13.2. The second-order valence-corrected chi connectivity index (χ2v) is 5.28. The number of aromatic nitrogens is 1. The van der Waals surface area contributed by atoms with E-state index in [1.54, 1.807) is 13.2 Å². The Morgan fingerprint density at radius 1 is 1.50 bits per heavy atom. The molecule has 6 heteroatoms. The third kappa shape index (κ3) is 2.94. The zero-order valence-electron chi connectivity index (χ0n) is 10.1. The molecule has 96 valence electrons. The van der Waals surface area contributed by atoms with E-state index < -0.39 is 5.44 Å². The van der Waals surface area contributed by atoms with Gasteiger partial charge in [-0.2, -0.15) is 0 Å². The van der Waals surface area contributed by atoms with Gasteiger partial charge < -0.3 is 9.47 Å². The summed E-state index contributed by atoms with van der Waals surface area (Å²) in [6.07, 6.45) is 1.80. The molecule has 0 bridgehead atoms. The molecule has 0 aliphatic heterocycles. The first-order valence-electron chi connectivity index (χ1n) is 5.46. The van der Waals surface area contributed by atoms with Gasteiger partial charge in [-0.25, -0.2) is 9.78 Å². The average molecular weight is 283 g/mol. The van der Waals surface area contributed by atoms with Crippen LogP contribution in [-0.2, 0) is 9.53 Å². The number of hydrogen-bond acceptors (Lipinski definition) is 6. The van der Waals surface area contributed by atoms with Gasteiger partial charge in [-0.3, -0.25) is 0 Å². The molecule has 18 heavy (non-hydrogen) atoms. The van der Waals surface area contributed by atoms with E-state index in [1.807, 2.05) is 24.3 Å². The Balaban J connectivity index is 2.13. The van der Waals surface area contributed by atoms with Crippen LogP contribution in [0.3, 0.4) is 0 Å². The van der Waals surface area contributed by atoms with Gasteiger partial charge in [0.2, 0.25) is 5.44 Å². The quantitative estimate of drug-likeness (QED) is 0.623. The van der Waals surface area contributed by atoms with Crippen LogP contribution in [-0.4, -0.2) is 29.3 Å². The predicted octanol–water partition coefficient (Wildman–Crippen LogP) is 2.93. The molecule has 1 unspecified atom stereocenters. The summed E-state index contributed by atoms with van der Waals surface area (Å²) < 4.78 is 11.5. The Hall–Kier alpha value is -1.27. The fourth-order valence-corrected chi connectivity index (χ4v) is 2.75. The number of esters is 1. The Morgan fingerprint density at radius 3 is 2.94 bits per heavy atom. The van der Waals surface area contributed by atoms with E-state index in [-0.39, 0.29) is 5.97 Å². The molecule has 1 aromatic heterocycles. The number of ether oxygens (including phenoxy) is 2. The van der Waals surface area contributed by atoms with Gasteiger partial charge in [0.15, 0.2) is 0 Å². The molecule has 0 saturated heterocycles. The summed E-state index contributed by atoms with van der Waals surface area (Å²) in [6.45, 7) is 2.12. The summed E-state index contributed by atoms with van der Waals surface area (Å²) in [5.41, 5.74) is 0.215. The van der Waals surface area contributed by atoms with Crippen molar-refractivity contribution in [2.75, 3.05) is 12.9 Å². The van der Waals surface area contributed by atoms with Crippen molar-refractivity contribution < 1.29 is 14.3 Å². The highest BCUT2D eigenvalue weighted by atomic mass is 32.2. The molecule has 0 spiro atoms. The first-order chi connectivity index (χ1) is 8.74. The number of para-hydroxylation sites is 1. The van der Waals surface area contributed by atoms with Gasteiger partial charge in [0, 0.05) is 0 Å². The van der Waals surface area contributed by atoms with E-state index in [0.717, 1.165) is 10.2 Å². The normalized spacial score (nSPS) is 12.3. The Morgan fingerprint density at radius 2 is 2.28 bits per heavy atom. The van der Waals surface area contributed by atoms with E-state index in [0.29, 0.717) is 11.8 Å². The van der Waals surface area contributed by atoms with Crippen LogP contribution in [0.1, 0.15) is 6.92 Å². The summed E-state index contributed by atoms with van der Waals surface area (Å²) >= 11 is 2.71.